The number of rotatable bonds is 4. The van der Waals surface area contributed by atoms with Crippen molar-refractivity contribution < 1.29 is 9.59 Å². The number of halogens is 1. The van der Waals surface area contributed by atoms with Gasteiger partial charge in [-0.2, -0.15) is 0 Å². The van der Waals surface area contributed by atoms with E-state index in [9.17, 15) is 9.59 Å². The predicted molar refractivity (Wildman–Crippen MR) is 95.5 cm³/mol. The van der Waals surface area contributed by atoms with Crippen molar-refractivity contribution >= 4 is 51.5 Å². The van der Waals surface area contributed by atoms with Crippen LogP contribution in [0.25, 0.3) is 6.08 Å². The lowest BCUT2D eigenvalue weighted by Crippen LogP contribution is -2.27. The highest BCUT2D eigenvalue weighted by atomic mass is 35.5. The van der Waals surface area contributed by atoms with E-state index in [-0.39, 0.29) is 22.3 Å². The molecule has 0 unspecified atom stereocenters. The molecule has 2 aromatic rings. The molecule has 2 rings (SSSR count). The largest absolute Gasteiger partial charge is 0.398 e. The minimum Gasteiger partial charge on any atom is -0.398 e. The maximum atomic E-state index is 12.8. The van der Waals surface area contributed by atoms with Gasteiger partial charge in [-0.15, -0.1) is 0 Å². The average Bonchev–Trinajstić information content (AvgIpc) is 2.89. The van der Waals surface area contributed by atoms with E-state index >= 15 is 0 Å². The summed E-state index contributed by atoms with van der Waals surface area (Å²) >= 11 is 7.34. The van der Waals surface area contributed by atoms with Crippen LogP contribution >= 0.6 is 22.9 Å². The number of ketones is 1. The zero-order valence-electron chi connectivity index (χ0n) is 13.0. The molecule has 0 saturated heterocycles. The number of carbonyl (C=O) groups is 2. The summed E-state index contributed by atoms with van der Waals surface area (Å²) in [6.45, 7) is 6.89. The summed E-state index contributed by atoms with van der Waals surface area (Å²) in [6, 6.07) is 3.19. The molecule has 120 valence electrons. The molecular weight excluding hydrogens is 334 g/mol. The van der Waals surface area contributed by atoms with E-state index in [4.69, 9.17) is 17.3 Å². The number of nitrogens with two attached hydrogens (primary N) is 1. The molecule has 0 radical (unpaired) electrons. The maximum absolute atomic E-state index is 12.8. The lowest BCUT2D eigenvalue weighted by Gasteiger charge is -2.17. The van der Waals surface area contributed by atoms with E-state index in [1.165, 1.54) is 29.2 Å². The number of nitrogens with zero attached hydrogens (tertiary/aromatic N) is 2. The van der Waals surface area contributed by atoms with Crippen LogP contribution < -0.4 is 10.6 Å². The third-order valence-corrected chi connectivity index (χ3v) is 4.99. The fourth-order valence-electron chi connectivity index (χ4n) is 2.15. The van der Waals surface area contributed by atoms with Gasteiger partial charge in [-0.25, -0.2) is 4.98 Å². The highest BCUT2D eigenvalue weighted by molar-refractivity contribution is 7.17. The van der Waals surface area contributed by atoms with Gasteiger partial charge in [0, 0.05) is 25.2 Å². The summed E-state index contributed by atoms with van der Waals surface area (Å²) in [5.41, 5.74) is 7.65. The van der Waals surface area contributed by atoms with E-state index in [1.54, 1.807) is 26.1 Å². The number of Topliss-reactive ketones (excluding diaryl/α,β-unsaturated/α-hetero) is 1. The van der Waals surface area contributed by atoms with Gasteiger partial charge in [-0.1, -0.05) is 35.6 Å². The first kappa shape index (κ1) is 17.2. The lowest BCUT2D eigenvalue weighted by molar-refractivity contribution is 0.0990. The van der Waals surface area contributed by atoms with Crippen molar-refractivity contribution in [2.75, 3.05) is 17.7 Å². The van der Waals surface area contributed by atoms with Gasteiger partial charge in [-0.3, -0.25) is 14.5 Å². The van der Waals surface area contributed by atoms with Crippen LogP contribution in [0.4, 0.5) is 10.8 Å². The van der Waals surface area contributed by atoms with Crippen LogP contribution in [0.2, 0.25) is 5.02 Å². The standard InChI is InChI=1S/C16H16ClN3O2S/c1-5-10-12(18)7-6-11(17)13(10)15(22)20(4)16-19-8(2)14(23-16)9(3)21/h5-7H,1,18H2,2-4H3. The Labute approximate surface area is 143 Å². The molecular formula is C16H16ClN3O2S. The first-order valence-electron chi connectivity index (χ1n) is 6.74. The van der Waals surface area contributed by atoms with E-state index in [2.05, 4.69) is 11.6 Å². The van der Waals surface area contributed by atoms with Crippen LogP contribution in [0, 0.1) is 6.92 Å². The fraction of sp³-hybridized carbons (Fsp3) is 0.188. The molecule has 0 atom stereocenters. The predicted octanol–water partition coefficient (Wildman–Crippen LogP) is 3.81. The number of amides is 1. The second kappa shape index (κ2) is 6.52. The van der Waals surface area contributed by atoms with Gasteiger partial charge in [0.1, 0.15) is 0 Å². The van der Waals surface area contributed by atoms with Crippen molar-refractivity contribution in [2.45, 2.75) is 13.8 Å². The molecule has 2 N–H and O–H groups in total. The Morgan fingerprint density at radius 2 is 2.09 bits per heavy atom. The van der Waals surface area contributed by atoms with Crippen molar-refractivity contribution in [1.82, 2.24) is 4.98 Å². The second-order valence-corrected chi connectivity index (χ2v) is 6.35. The fourth-order valence-corrected chi connectivity index (χ4v) is 3.32. The van der Waals surface area contributed by atoms with E-state index in [0.29, 0.717) is 27.0 Å². The molecule has 0 saturated carbocycles. The SMILES string of the molecule is C=Cc1c(N)ccc(Cl)c1C(=O)N(C)c1nc(C)c(C(C)=O)s1. The van der Waals surface area contributed by atoms with Crippen LogP contribution in [0.5, 0.6) is 0 Å². The number of benzene rings is 1. The number of anilines is 2. The Morgan fingerprint density at radius 3 is 2.61 bits per heavy atom. The van der Waals surface area contributed by atoms with Crippen molar-refractivity contribution in [1.29, 1.82) is 0 Å². The number of carbonyl (C=O) groups excluding carboxylic acids is 2. The van der Waals surface area contributed by atoms with Gasteiger partial charge in [0.2, 0.25) is 0 Å². The zero-order chi connectivity index (χ0) is 17.3. The first-order chi connectivity index (χ1) is 10.8. The quantitative estimate of drug-likeness (QED) is 0.672. The van der Waals surface area contributed by atoms with Gasteiger partial charge in [0.25, 0.3) is 5.91 Å². The molecule has 1 aromatic carbocycles. The third kappa shape index (κ3) is 3.13. The third-order valence-electron chi connectivity index (χ3n) is 3.34. The molecule has 1 amide bonds. The molecule has 23 heavy (non-hydrogen) atoms. The second-order valence-electron chi connectivity index (χ2n) is 4.96. The minimum atomic E-state index is -0.360. The number of aromatic nitrogens is 1. The number of aryl methyl sites for hydroxylation is 1. The van der Waals surface area contributed by atoms with Crippen molar-refractivity contribution in [3.05, 3.63) is 45.4 Å². The summed E-state index contributed by atoms with van der Waals surface area (Å²) in [7, 11) is 1.58. The molecule has 5 nitrogen and oxygen atoms in total. The van der Waals surface area contributed by atoms with Gasteiger partial charge in [-0.05, 0) is 19.1 Å². The Balaban J connectivity index is 2.49. The van der Waals surface area contributed by atoms with E-state index in [0.717, 1.165) is 0 Å². The molecule has 0 aliphatic heterocycles. The molecule has 0 bridgehead atoms. The summed E-state index contributed by atoms with van der Waals surface area (Å²) in [5, 5.41) is 0.706. The topological polar surface area (TPSA) is 76.3 Å². The summed E-state index contributed by atoms with van der Waals surface area (Å²) in [6.07, 6.45) is 1.50. The van der Waals surface area contributed by atoms with Gasteiger partial charge >= 0.3 is 0 Å². The number of hydrogen-bond donors (Lipinski definition) is 1. The molecule has 0 fully saturated rings. The van der Waals surface area contributed by atoms with Gasteiger partial charge < -0.3 is 5.73 Å². The summed E-state index contributed by atoms with van der Waals surface area (Å²) in [4.78, 5) is 30.5. The van der Waals surface area contributed by atoms with Crippen LogP contribution in [0.1, 0.15) is 38.2 Å². The van der Waals surface area contributed by atoms with E-state index < -0.39 is 0 Å². The Kier molecular flexibility index (Phi) is 4.87. The number of thiazole rings is 1. The highest BCUT2D eigenvalue weighted by Gasteiger charge is 2.24. The smallest absolute Gasteiger partial charge is 0.262 e. The molecule has 0 aliphatic carbocycles. The number of nitrogen functional groups attached to an aromatic ring is 1. The monoisotopic (exact) mass is 349 g/mol. The number of hydrogen-bond acceptors (Lipinski definition) is 5. The zero-order valence-corrected chi connectivity index (χ0v) is 14.6. The lowest BCUT2D eigenvalue weighted by atomic mass is 10.0. The van der Waals surface area contributed by atoms with Crippen LogP contribution in [-0.2, 0) is 0 Å². The Hall–Kier alpha value is -2.18. The summed E-state index contributed by atoms with van der Waals surface area (Å²) < 4.78 is 0. The molecule has 1 aromatic heterocycles. The van der Waals surface area contributed by atoms with Crippen LogP contribution in [-0.4, -0.2) is 23.7 Å². The maximum Gasteiger partial charge on any atom is 0.262 e. The Bertz CT molecular complexity index is 814. The van der Waals surface area contributed by atoms with Gasteiger partial charge in [0.15, 0.2) is 10.9 Å². The van der Waals surface area contributed by atoms with E-state index in [1.807, 2.05) is 0 Å². The molecule has 7 heteroatoms. The Morgan fingerprint density at radius 1 is 1.43 bits per heavy atom. The van der Waals surface area contributed by atoms with Crippen molar-refractivity contribution in [3.63, 3.8) is 0 Å². The first-order valence-corrected chi connectivity index (χ1v) is 7.94. The average molecular weight is 350 g/mol. The molecule has 1 heterocycles. The van der Waals surface area contributed by atoms with Crippen molar-refractivity contribution in [2.24, 2.45) is 0 Å². The normalized spacial score (nSPS) is 10.4. The summed E-state index contributed by atoms with van der Waals surface area (Å²) in [5.74, 6) is -0.443. The molecule has 0 aliphatic rings. The van der Waals surface area contributed by atoms with Gasteiger partial charge in [0.05, 0.1) is 21.2 Å². The highest BCUT2D eigenvalue weighted by Crippen LogP contribution is 2.31. The van der Waals surface area contributed by atoms with Crippen LogP contribution in [0.3, 0.4) is 0 Å². The molecule has 0 spiro atoms. The van der Waals surface area contributed by atoms with Crippen LogP contribution in [0.15, 0.2) is 18.7 Å². The van der Waals surface area contributed by atoms with Crippen molar-refractivity contribution in [3.8, 4) is 0 Å². The minimum absolute atomic E-state index is 0.0825.